The van der Waals surface area contributed by atoms with Gasteiger partial charge in [-0.3, -0.25) is 4.79 Å². The smallest absolute Gasteiger partial charge is 0.189 e. The SMILES string of the molecule is CCCCCOc1cc(OCCCCC)c(OCCCCC)c(C(=O)C=Cc2cc(CC)ccc2OCCCCC)c1. The maximum absolute atomic E-state index is 13.8. The van der Waals surface area contributed by atoms with Crippen LogP contribution < -0.4 is 18.9 Å². The van der Waals surface area contributed by atoms with Gasteiger partial charge < -0.3 is 18.9 Å². The Kier molecular flexibility index (Phi) is 18.2. The average Bonchev–Trinajstić information content (AvgIpc) is 3.01. The predicted molar refractivity (Wildman–Crippen MR) is 176 cm³/mol. The van der Waals surface area contributed by atoms with Gasteiger partial charge in [-0.25, -0.2) is 0 Å². The van der Waals surface area contributed by atoms with E-state index in [1.54, 1.807) is 6.08 Å². The molecule has 0 aliphatic carbocycles. The molecule has 0 unspecified atom stereocenters. The lowest BCUT2D eigenvalue weighted by Gasteiger charge is -2.18. The lowest BCUT2D eigenvalue weighted by Crippen LogP contribution is -2.09. The van der Waals surface area contributed by atoms with Crippen LogP contribution >= 0.6 is 0 Å². The molecular weight excluding hydrogens is 524 g/mol. The van der Waals surface area contributed by atoms with Crippen LogP contribution in [0.2, 0.25) is 0 Å². The van der Waals surface area contributed by atoms with E-state index >= 15 is 0 Å². The van der Waals surface area contributed by atoms with E-state index in [0.717, 1.165) is 94.8 Å². The molecule has 2 aromatic carbocycles. The number of carbonyl (C=O) groups excluding carboxylic acids is 1. The van der Waals surface area contributed by atoms with E-state index < -0.39 is 0 Å². The summed E-state index contributed by atoms with van der Waals surface area (Å²) in [7, 11) is 0. The monoisotopic (exact) mass is 580 g/mol. The quantitative estimate of drug-likeness (QED) is 0.0702. The second kappa shape index (κ2) is 21.7. The summed E-state index contributed by atoms with van der Waals surface area (Å²) in [5.74, 6) is 2.40. The zero-order valence-corrected chi connectivity index (χ0v) is 27.1. The number of unbranched alkanes of at least 4 members (excludes halogenated alkanes) is 8. The third-order valence-electron chi connectivity index (χ3n) is 7.21. The van der Waals surface area contributed by atoms with Crippen LogP contribution in [-0.2, 0) is 6.42 Å². The maximum atomic E-state index is 13.8. The molecule has 42 heavy (non-hydrogen) atoms. The molecule has 2 aromatic rings. The van der Waals surface area contributed by atoms with E-state index in [4.69, 9.17) is 18.9 Å². The van der Waals surface area contributed by atoms with E-state index in [1.165, 1.54) is 5.56 Å². The van der Waals surface area contributed by atoms with Crippen molar-refractivity contribution in [2.45, 2.75) is 118 Å². The minimum atomic E-state index is -0.142. The molecule has 5 heteroatoms. The number of ketones is 1. The van der Waals surface area contributed by atoms with Crippen LogP contribution in [0.4, 0.5) is 0 Å². The molecule has 0 radical (unpaired) electrons. The van der Waals surface area contributed by atoms with Crippen molar-refractivity contribution in [3.63, 3.8) is 0 Å². The Balaban J connectivity index is 2.42. The summed E-state index contributed by atoms with van der Waals surface area (Å²) in [4.78, 5) is 13.8. The molecule has 0 amide bonds. The number of carbonyl (C=O) groups is 1. The van der Waals surface area contributed by atoms with Gasteiger partial charge in [-0.15, -0.1) is 0 Å². The summed E-state index contributed by atoms with van der Waals surface area (Å²) in [6, 6.07) is 9.93. The summed E-state index contributed by atoms with van der Waals surface area (Å²) < 4.78 is 24.7. The molecule has 0 fully saturated rings. The third kappa shape index (κ3) is 12.9. The van der Waals surface area contributed by atoms with Gasteiger partial charge in [-0.2, -0.15) is 0 Å². The molecule has 0 saturated heterocycles. The molecule has 234 valence electrons. The van der Waals surface area contributed by atoms with Crippen molar-refractivity contribution in [2.24, 2.45) is 0 Å². The van der Waals surface area contributed by atoms with Crippen molar-refractivity contribution in [3.8, 4) is 23.0 Å². The van der Waals surface area contributed by atoms with Crippen LogP contribution in [0, 0.1) is 0 Å². The minimum Gasteiger partial charge on any atom is -0.493 e. The third-order valence-corrected chi connectivity index (χ3v) is 7.21. The Morgan fingerprint density at radius 2 is 1.17 bits per heavy atom. The molecule has 0 aromatic heterocycles. The Labute approximate surface area is 256 Å². The van der Waals surface area contributed by atoms with E-state index in [1.807, 2.05) is 24.3 Å². The minimum absolute atomic E-state index is 0.142. The number of allylic oxidation sites excluding steroid dienone is 1. The highest BCUT2D eigenvalue weighted by Crippen LogP contribution is 2.37. The summed E-state index contributed by atoms with van der Waals surface area (Å²) in [5, 5.41) is 0. The first-order valence-electron chi connectivity index (χ1n) is 16.6. The molecule has 0 N–H and O–H groups in total. The zero-order valence-electron chi connectivity index (χ0n) is 27.1. The van der Waals surface area contributed by atoms with Gasteiger partial charge in [0.1, 0.15) is 11.5 Å². The standard InChI is InChI=1S/C37H56O5/c1-6-11-15-23-39-32-28-33(37(42-26-18-14-9-4)36(29-32)41-25-17-13-8-3)34(38)21-20-31-27-30(10-5)19-22-35(31)40-24-16-12-7-2/h19-22,27-29H,6-18,23-26H2,1-5H3. The number of aryl methyl sites for hydroxylation is 1. The van der Waals surface area contributed by atoms with E-state index in [9.17, 15) is 4.79 Å². The van der Waals surface area contributed by atoms with Gasteiger partial charge >= 0.3 is 0 Å². The fraction of sp³-hybridized carbons (Fsp3) is 0.595. The topological polar surface area (TPSA) is 54.0 Å². The highest BCUT2D eigenvalue weighted by molar-refractivity contribution is 6.09. The number of hydrogen-bond acceptors (Lipinski definition) is 5. The normalized spacial score (nSPS) is 11.2. The van der Waals surface area contributed by atoms with Gasteiger partial charge in [0, 0.05) is 11.6 Å². The lowest BCUT2D eigenvalue weighted by molar-refractivity contribution is 0.104. The second-order valence-electron chi connectivity index (χ2n) is 10.9. The molecule has 0 heterocycles. The largest absolute Gasteiger partial charge is 0.493 e. The molecule has 5 nitrogen and oxygen atoms in total. The maximum Gasteiger partial charge on any atom is 0.189 e. The fourth-order valence-electron chi connectivity index (χ4n) is 4.57. The Morgan fingerprint density at radius 3 is 1.74 bits per heavy atom. The number of rotatable bonds is 24. The van der Waals surface area contributed by atoms with Crippen LogP contribution in [0.5, 0.6) is 23.0 Å². The summed E-state index contributed by atoms with van der Waals surface area (Å²) in [6.07, 6.45) is 17.2. The van der Waals surface area contributed by atoms with Crippen molar-refractivity contribution < 1.29 is 23.7 Å². The molecule has 0 atom stereocenters. The van der Waals surface area contributed by atoms with Gasteiger partial charge in [0.2, 0.25) is 0 Å². The fourth-order valence-corrected chi connectivity index (χ4v) is 4.57. The van der Waals surface area contributed by atoms with Gasteiger partial charge in [0.05, 0.1) is 32.0 Å². The first-order chi connectivity index (χ1) is 20.6. The van der Waals surface area contributed by atoms with Gasteiger partial charge in [0.15, 0.2) is 17.3 Å². The lowest BCUT2D eigenvalue weighted by atomic mass is 10.0. The Morgan fingerprint density at radius 1 is 0.619 bits per heavy atom. The summed E-state index contributed by atoms with van der Waals surface area (Å²) in [5.41, 5.74) is 2.58. The van der Waals surface area contributed by atoms with Crippen LogP contribution in [0.1, 0.15) is 133 Å². The molecule has 0 spiro atoms. The predicted octanol–water partition coefficient (Wildman–Crippen LogP) is 10.4. The number of benzene rings is 2. The van der Waals surface area contributed by atoms with Crippen molar-refractivity contribution in [1.29, 1.82) is 0 Å². The Hall–Kier alpha value is -2.95. The van der Waals surface area contributed by atoms with Crippen molar-refractivity contribution in [2.75, 3.05) is 26.4 Å². The average molecular weight is 581 g/mol. The van der Waals surface area contributed by atoms with E-state index in [-0.39, 0.29) is 5.78 Å². The van der Waals surface area contributed by atoms with Crippen molar-refractivity contribution in [3.05, 3.63) is 53.1 Å². The summed E-state index contributed by atoms with van der Waals surface area (Å²) in [6.45, 7) is 13.2. The first kappa shape index (κ1) is 35.2. The van der Waals surface area contributed by atoms with Crippen LogP contribution in [-0.4, -0.2) is 32.2 Å². The van der Waals surface area contributed by atoms with Gasteiger partial charge in [-0.1, -0.05) is 92.1 Å². The summed E-state index contributed by atoms with van der Waals surface area (Å²) >= 11 is 0. The number of hydrogen-bond donors (Lipinski definition) is 0. The molecule has 0 bridgehead atoms. The molecule has 0 aliphatic rings. The van der Waals surface area contributed by atoms with Crippen molar-refractivity contribution in [1.82, 2.24) is 0 Å². The van der Waals surface area contributed by atoms with Crippen LogP contribution in [0.3, 0.4) is 0 Å². The first-order valence-corrected chi connectivity index (χ1v) is 16.6. The zero-order chi connectivity index (χ0) is 30.4. The molecule has 2 rings (SSSR count). The highest BCUT2D eigenvalue weighted by Gasteiger charge is 2.20. The van der Waals surface area contributed by atoms with Crippen LogP contribution in [0.25, 0.3) is 6.08 Å². The Bertz CT molecular complexity index is 1060. The van der Waals surface area contributed by atoms with E-state index in [2.05, 4.69) is 46.8 Å². The highest BCUT2D eigenvalue weighted by atomic mass is 16.5. The van der Waals surface area contributed by atoms with Gasteiger partial charge in [0.25, 0.3) is 0 Å². The molecular formula is C37H56O5. The molecule has 0 aliphatic heterocycles. The second-order valence-corrected chi connectivity index (χ2v) is 10.9. The molecule has 0 saturated carbocycles. The van der Waals surface area contributed by atoms with Crippen molar-refractivity contribution >= 4 is 11.9 Å². The van der Waals surface area contributed by atoms with E-state index in [0.29, 0.717) is 49.2 Å². The van der Waals surface area contributed by atoms with Crippen LogP contribution in [0.15, 0.2) is 36.4 Å². The van der Waals surface area contributed by atoms with Gasteiger partial charge in [-0.05, 0) is 68.0 Å². The number of ether oxygens (including phenoxy) is 4.